The maximum absolute atomic E-state index is 11.9. The molecule has 1 amide bonds. The fourth-order valence-corrected chi connectivity index (χ4v) is 3.56. The van der Waals surface area contributed by atoms with Gasteiger partial charge in [0.25, 0.3) is 0 Å². The van der Waals surface area contributed by atoms with Gasteiger partial charge in [0.1, 0.15) is 18.8 Å². The van der Waals surface area contributed by atoms with Crippen molar-refractivity contribution in [2.45, 2.75) is 58.3 Å². The molecule has 1 heterocycles. The largest absolute Gasteiger partial charge is 0.463 e. The second-order valence-corrected chi connectivity index (χ2v) is 8.70. The van der Waals surface area contributed by atoms with Crippen LogP contribution >= 0.6 is 22.6 Å². The number of amides is 1. The molecule has 1 fully saturated rings. The Balaban J connectivity index is 2.77. The Bertz CT molecular complexity index is 694. The number of hydrogen-bond acceptors (Lipinski definition) is 12. The molecule has 0 saturated carbocycles. The van der Waals surface area contributed by atoms with Crippen molar-refractivity contribution in [2.75, 3.05) is 57.3 Å². The first kappa shape index (κ1) is 32.4. The van der Waals surface area contributed by atoms with Gasteiger partial charge in [0, 0.05) is 32.1 Å². The van der Waals surface area contributed by atoms with Crippen molar-refractivity contribution < 1.29 is 57.1 Å². The van der Waals surface area contributed by atoms with E-state index >= 15 is 0 Å². The van der Waals surface area contributed by atoms with Crippen LogP contribution in [-0.4, -0.2) is 112 Å². The quantitative estimate of drug-likeness (QED) is 0.0763. The first-order valence-corrected chi connectivity index (χ1v) is 13.0. The van der Waals surface area contributed by atoms with Crippen molar-refractivity contribution in [2.24, 2.45) is 0 Å². The van der Waals surface area contributed by atoms with Crippen molar-refractivity contribution in [3.05, 3.63) is 0 Å². The highest BCUT2D eigenvalue weighted by Crippen LogP contribution is 2.28. The Morgan fingerprint density at radius 1 is 0.750 bits per heavy atom. The molecule has 0 aromatic rings. The van der Waals surface area contributed by atoms with Gasteiger partial charge in [-0.1, -0.05) is 22.6 Å². The highest BCUT2D eigenvalue weighted by molar-refractivity contribution is 14.1. The highest BCUT2D eigenvalue weighted by Gasteiger charge is 2.51. The summed E-state index contributed by atoms with van der Waals surface area (Å²) in [6, 6.07) is -1.02. The lowest BCUT2D eigenvalue weighted by Crippen LogP contribution is -2.66. The van der Waals surface area contributed by atoms with Gasteiger partial charge in [-0.3, -0.25) is 19.2 Å². The zero-order valence-corrected chi connectivity index (χ0v) is 23.2. The molecule has 0 aromatic heterocycles. The summed E-state index contributed by atoms with van der Waals surface area (Å²) in [6.07, 6.45) is -4.49. The van der Waals surface area contributed by atoms with Crippen LogP contribution in [0.15, 0.2) is 0 Å². The van der Waals surface area contributed by atoms with Gasteiger partial charge in [0.05, 0.1) is 46.2 Å². The molecule has 1 rings (SSSR count). The third-order valence-electron chi connectivity index (χ3n) is 4.55. The SMILES string of the molecule is CC(=O)N[C@H]1C(OCCOCCOCCOCCI)O[C@H](COC(C)=O)[C@H](OC(C)=O)[C@@H]1OC(C)=O. The van der Waals surface area contributed by atoms with Crippen molar-refractivity contribution in [3.63, 3.8) is 0 Å². The molecule has 1 aliphatic heterocycles. The number of halogens is 1. The normalized spacial score (nSPS) is 23.5. The number of carbonyl (C=O) groups excluding carboxylic acids is 4. The molecule has 0 spiro atoms. The molecule has 36 heavy (non-hydrogen) atoms. The van der Waals surface area contributed by atoms with Crippen LogP contribution in [0, 0.1) is 0 Å². The zero-order chi connectivity index (χ0) is 26.9. The van der Waals surface area contributed by atoms with E-state index in [1.54, 1.807) is 0 Å². The molecule has 1 aliphatic rings. The molecule has 0 radical (unpaired) electrons. The number of rotatable bonds is 17. The molecule has 5 atom stereocenters. The summed E-state index contributed by atoms with van der Waals surface area (Å²) in [5.41, 5.74) is 0. The monoisotopic (exact) mass is 633 g/mol. The third kappa shape index (κ3) is 13.6. The maximum Gasteiger partial charge on any atom is 0.303 e. The summed E-state index contributed by atoms with van der Waals surface area (Å²) in [7, 11) is 0. The lowest BCUT2D eigenvalue weighted by molar-refractivity contribution is -0.279. The number of hydrogen-bond donors (Lipinski definition) is 1. The smallest absolute Gasteiger partial charge is 0.303 e. The van der Waals surface area contributed by atoms with Gasteiger partial charge in [-0.2, -0.15) is 0 Å². The molecule has 1 N–H and O–H groups in total. The molecule has 0 aliphatic carbocycles. The summed E-state index contributed by atoms with van der Waals surface area (Å²) in [5, 5.41) is 2.63. The molecule has 14 heteroatoms. The van der Waals surface area contributed by atoms with Gasteiger partial charge in [-0.05, 0) is 0 Å². The number of ether oxygens (including phenoxy) is 8. The number of esters is 3. The van der Waals surface area contributed by atoms with Gasteiger partial charge in [0.2, 0.25) is 5.91 Å². The molecular formula is C22H36INO12. The second-order valence-electron chi connectivity index (χ2n) is 7.62. The third-order valence-corrected chi connectivity index (χ3v) is 4.99. The van der Waals surface area contributed by atoms with Crippen molar-refractivity contribution in [3.8, 4) is 0 Å². The lowest BCUT2D eigenvalue weighted by atomic mass is 9.96. The molecule has 13 nitrogen and oxygen atoms in total. The summed E-state index contributed by atoms with van der Waals surface area (Å²) in [5.74, 6) is -2.40. The molecule has 0 bridgehead atoms. The molecular weight excluding hydrogens is 597 g/mol. The molecule has 1 unspecified atom stereocenters. The highest BCUT2D eigenvalue weighted by atomic mass is 127. The minimum atomic E-state index is -1.17. The first-order chi connectivity index (χ1) is 17.1. The predicted molar refractivity (Wildman–Crippen MR) is 131 cm³/mol. The van der Waals surface area contributed by atoms with E-state index in [-0.39, 0.29) is 19.8 Å². The van der Waals surface area contributed by atoms with Crippen molar-refractivity contribution in [1.82, 2.24) is 5.32 Å². The number of nitrogens with one attached hydrogen (secondary N) is 1. The van der Waals surface area contributed by atoms with E-state index in [1.165, 1.54) is 27.7 Å². The topological polar surface area (TPSA) is 154 Å². The van der Waals surface area contributed by atoms with E-state index in [2.05, 4.69) is 27.9 Å². The van der Waals surface area contributed by atoms with Crippen LogP contribution in [0.25, 0.3) is 0 Å². The van der Waals surface area contributed by atoms with Crippen LogP contribution in [0.4, 0.5) is 0 Å². The van der Waals surface area contributed by atoms with Crippen LogP contribution in [0.2, 0.25) is 0 Å². The summed E-state index contributed by atoms with van der Waals surface area (Å²) in [6.45, 7) is 7.14. The Kier molecular flexibility index (Phi) is 16.8. The van der Waals surface area contributed by atoms with E-state index in [4.69, 9.17) is 37.9 Å². The van der Waals surface area contributed by atoms with E-state index < -0.39 is 54.5 Å². The van der Waals surface area contributed by atoms with Crippen molar-refractivity contribution >= 4 is 46.4 Å². The summed E-state index contributed by atoms with van der Waals surface area (Å²) >= 11 is 2.23. The Hall–Kier alpha value is -1.59. The number of alkyl halides is 1. The average molecular weight is 633 g/mol. The summed E-state index contributed by atoms with van der Waals surface area (Å²) < 4.78 is 44.5. The van der Waals surface area contributed by atoms with Gasteiger partial charge in [-0.15, -0.1) is 0 Å². The second kappa shape index (κ2) is 18.6. The van der Waals surface area contributed by atoms with Gasteiger partial charge in [-0.25, -0.2) is 0 Å². The summed E-state index contributed by atoms with van der Waals surface area (Å²) in [4.78, 5) is 46.8. The average Bonchev–Trinajstić information content (AvgIpc) is 2.78. The first-order valence-electron chi connectivity index (χ1n) is 11.5. The molecule has 1 saturated heterocycles. The van der Waals surface area contributed by atoms with Crippen LogP contribution < -0.4 is 5.32 Å². The van der Waals surface area contributed by atoms with Gasteiger partial charge in [0.15, 0.2) is 18.5 Å². The Labute approximate surface area is 224 Å². The zero-order valence-electron chi connectivity index (χ0n) is 21.0. The van der Waals surface area contributed by atoms with Crippen LogP contribution in [0.1, 0.15) is 27.7 Å². The van der Waals surface area contributed by atoms with E-state index in [1.807, 2.05) is 0 Å². The number of carbonyl (C=O) groups is 4. The maximum atomic E-state index is 11.9. The van der Waals surface area contributed by atoms with Crippen LogP contribution in [0.5, 0.6) is 0 Å². The minimum Gasteiger partial charge on any atom is -0.463 e. The van der Waals surface area contributed by atoms with Crippen LogP contribution in [0.3, 0.4) is 0 Å². The standard InChI is InChI=1S/C22H36INO12/c1-14(25)24-19-21(35-17(4)28)20(34-16(3)27)18(13-33-15(2)26)36-22(19)32-12-11-31-10-9-30-8-7-29-6-5-23/h18-22H,5-13H2,1-4H3,(H,24,25)/t18-,19-,20+,21-,22?/m1/s1. The van der Waals surface area contributed by atoms with Crippen molar-refractivity contribution in [1.29, 1.82) is 0 Å². The fourth-order valence-electron chi connectivity index (χ4n) is 3.25. The van der Waals surface area contributed by atoms with E-state index in [0.717, 1.165) is 4.43 Å². The van der Waals surface area contributed by atoms with Gasteiger partial charge < -0.3 is 43.2 Å². The predicted octanol–water partition coefficient (Wildman–Crippen LogP) is 0.144. The van der Waals surface area contributed by atoms with E-state index in [9.17, 15) is 19.2 Å². The Morgan fingerprint density at radius 3 is 1.78 bits per heavy atom. The van der Waals surface area contributed by atoms with Crippen LogP contribution in [-0.2, 0) is 57.1 Å². The van der Waals surface area contributed by atoms with Gasteiger partial charge >= 0.3 is 17.9 Å². The Morgan fingerprint density at radius 2 is 1.28 bits per heavy atom. The minimum absolute atomic E-state index is 0.0603. The lowest BCUT2D eigenvalue weighted by Gasteiger charge is -2.44. The molecule has 208 valence electrons. The molecule has 0 aromatic carbocycles. The fraction of sp³-hybridized carbons (Fsp3) is 0.818. The van der Waals surface area contributed by atoms with E-state index in [0.29, 0.717) is 33.0 Å².